The van der Waals surface area contributed by atoms with Gasteiger partial charge in [-0.1, -0.05) is 16.9 Å². The standard InChI is InChI=1S/C26H24F5NO9S/c1-17(24(36)18-2-6-20(7-3-18)42-21-8-4-19(5-9-21)39-16-33)32-41-23(35)11-10-22(34)38-12-13-40-26(30,31)15-37-14-25(27,28)29/h2-9,16H,10-15H2,1H3/b32-17+. The first-order valence-corrected chi connectivity index (χ1v) is 12.7. The lowest BCUT2D eigenvalue weighted by Crippen LogP contribution is -2.31. The maximum absolute atomic E-state index is 13.3. The molecule has 228 valence electrons. The fourth-order valence-electron chi connectivity index (χ4n) is 2.82. The van der Waals surface area contributed by atoms with Gasteiger partial charge in [0, 0.05) is 15.4 Å². The van der Waals surface area contributed by atoms with Crippen LogP contribution in [0.4, 0.5) is 22.0 Å². The molecule has 0 saturated carbocycles. The zero-order valence-electron chi connectivity index (χ0n) is 21.9. The minimum atomic E-state index is -4.77. The molecule has 16 heteroatoms. The molecule has 0 N–H and O–H groups in total. The first-order chi connectivity index (χ1) is 19.8. The van der Waals surface area contributed by atoms with Gasteiger partial charge < -0.3 is 23.8 Å². The maximum Gasteiger partial charge on any atom is 0.411 e. The Hall–Kier alpha value is -3.89. The number of alkyl halides is 5. The van der Waals surface area contributed by atoms with Gasteiger partial charge in [0.1, 0.15) is 31.3 Å². The Balaban J connectivity index is 1.69. The van der Waals surface area contributed by atoms with E-state index >= 15 is 0 Å². The van der Waals surface area contributed by atoms with Crippen molar-refractivity contribution < 1.29 is 64.9 Å². The molecule has 0 amide bonds. The molecule has 42 heavy (non-hydrogen) atoms. The Labute approximate surface area is 240 Å². The molecule has 2 aromatic carbocycles. The minimum Gasteiger partial charge on any atom is -0.463 e. The third kappa shape index (κ3) is 13.6. The summed E-state index contributed by atoms with van der Waals surface area (Å²) in [6, 6.07) is 13.3. The predicted octanol–water partition coefficient (Wildman–Crippen LogP) is 4.99. The lowest BCUT2D eigenvalue weighted by atomic mass is 10.1. The molecule has 0 heterocycles. The average molecular weight is 622 g/mol. The van der Waals surface area contributed by atoms with Crippen LogP contribution in [-0.4, -0.2) is 68.6 Å². The molecule has 0 aliphatic carbocycles. The summed E-state index contributed by atoms with van der Waals surface area (Å²) in [4.78, 5) is 52.7. The van der Waals surface area contributed by atoms with Gasteiger partial charge in [-0.05, 0) is 55.5 Å². The van der Waals surface area contributed by atoms with E-state index in [1.807, 2.05) is 0 Å². The van der Waals surface area contributed by atoms with E-state index in [-0.39, 0.29) is 11.3 Å². The van der Waals surface area contributed by atoms with Crippen LogP contribution < -0.4 is 4.74 Å². The SMILES string of the molecule is C/C(=N\OC(=O)CCC(=O)OCCOC(F)(F)COCC(F)(F)F)C(=O)c1ccc(Sc2ccc(OC=O)cc2)cc1. The van der Waals surface area contributed by atoms with Crippen LogP contribution in [0.15, 0.2) is 63.5 Å². The molecule has 0 aliphatic heterocycles. The highest BCUT2D eigenvalue weighted by molar-refractivity contribution is 7.99. The number of nitrogens with zero attached hydrogens (tertiary/aromatic N) is 1. The summed E-state index contributed by atoms with van der Waals surface area (Å²) in [5.41, 5.74) is 0.129. The summed E-state index contributed by atoms with van der Waals surface area (Å²) in [5, 5.41) is 3.47. The molecule has 0 saturated heterocycles. The van der Waals surface area contributed by atoms with Gasteiger partial charge in [-0.15, -0.1) is 0 Å². The van der Waals surface area contributed by atoms with Gasteiger partial charge in [-0.25, -0.2) is 4.79 Å². The zero-order chi connectivity index (χ0) is 31.2. The quantitative estimate of drug-likeness (QED) is 0.0349. The van der Waals surface area contributed by atoms with Gasteiger partial charge in [0.15, 0.2) is 0 Å². The van der Waals surface area contributed by atoms with Crippen molar-refractivity contribution in [3.63, 3.8) is 0 Å². The van der Waals surface area contributed by atoms with Crippen molar-refractivity contribution in [2.75, 3.05) is 26.4 Å². The van der Waals surface area contributed by atoms with Crippen molar-refractivity contribution in [1.29, 1.82) is 0 Å². The highest BCUT2D eigenvalue weighted by Gasteiger charge is 2.34. The van der Waals surface area contributed by atoms with Crippen LogP contribution in [0.1, 0.15) is 30.1 Å². The van der Waals surface area contributed by atoms with E-state index < -0.39 is 69.3 Å². The molecule has 0 aromatic heterocycles. The van der Waals surface area contributed by atoms with E-state index in [1.54, 1.807) is 48.5 Å². The zero-order valence-corrected chi connectivity index (χ0v) is 22.7. The van der Waals surface area contributed by atoms with Crippen LogP contribution in [0.3, 0.4) is 0 Å². The smallest absolute Gasteiger partial charge is 0.411 e. The van der Waals surface area contributed by atoms with Crippen molar-refractivity contribution in [3.05, 3.63) is 54.1 Å². The molecule has 10 nitrogen and oxygen atoms in total. The number of hydrogen-bond donors (Lipinski definition) is 0. The Kier molecular flexibility index (Phi) is 13.5. The molecule has 0 aliphatic rings. The number of Topliss-reactive ketones (excluding diaryl/α,β-unsaturated/α-hetero) is 1. The minimum absolute atomic E-state index is 0.144. The summed E-state index contributed by atoms with van der Waals surface area (Å²) in [7, 11) is 0. The fourth-order valence-corrected chi connectivity index (χ4v) is 3.63. The van der Waals surface area contributed by atoms with Crippen molar-refractivity contribution in [2.24, 2.45) is 5.16 Å². The highest BCUT2D eigenvalue weighted by atomic mass is 32.2. The Bertz CT molecular complexity index is 1240. The summed E-state index contributed by atoms with van der Waals surface area (Å²) in [6.07, 6.45) is -9.80. The van der Waals surface area contributed by atoms with E-state index in [2.05, 4.69) is 24.2 Å². The fraction of sp³-hybridized carbons (Fsp3) is 0.346. The molecule has 0 bridgehead atoms. The number of rotatable bonds is 17. The number of carbonyl (C=O) groups is 4. The number of carbonyl (C=O) groups excluding carboxylic acids is 4. The van der Waals surface area contributed by atoms with Crippen LogP contribution in [-0.2, 0) is 33.4 Å². The monoisotopic (exact) mass is 621 g/mol. The topological polar surface area (TPSA) is 127 Å². The molecule has 0 spiro atoms. The van der Waals surface area contributed by atoms with E-state index in [1.165, 1.54) is 18.7 Å². The normalized spacial score (nSPS) is 12.0. The van der Waals surface area contributed by atoms with Gasteiger partial charge in [0.25, 0.3) is 6.47 Å². The molecule has 0 fully saturated rings. The lowest BCUT2D eigenvalue weighted by molar-refractivity contribution is -0.280. The third-order valence-corrected chi connectivity index (χ3v) is 5.72. The van der Waals surface area contributed by atoms with Gasteiger partial charge in [0.05, 0.1) is 19.4 Å². The number of ketones is 1. The maximum atomic E-state index is 13.3. The highest BCUT2D eigenvalue weighted by Crippen LogP contribution is 2.29. The number of esters is 1. The second-order valence-corrected chi connectivity index (χ2v) is 9.24. The Morgan fingerprint density at radius 1 is 0.857 bits per heavy atom. The van der Waals surface area contributed by atoms with E-state index in [4.69, 9.17) is 4.74 Å². The Morgan fingerprint density at radius 2 is 1.45 bits per heavy atom. The number of benzene rings is 2. The Morgan fingerprint density at radius 3 is 2.05 bits per heavy atom. The molecular weight excluding hydrogens is 597 g/mol. The van der Waals surface area contributed by atoms with Crippen molar-refractivity contribution in [3.8, 4) is 5.75 Å². The summed E-state index contributed by atoms with van der Waals surface area (Å²) in [5.74, 6) is -2.06. The summed E-state index contributed by atoms with van der Waals surface area (Å²) in [6.45, 7) is -3.37. The largest absolute Gasteiger partial charge is 0.463 e. The first kappa shape index (κ1) is 34.3. The van der Waals surface area contributed by atoms with Crippen LogP contribution in [0.2, 0.25) is 0 Å². The van der Waals surface area contributed by atoms with Crippen molar-refractivity contribution in [2.45, 2.75) is 41.8 Å². The number of halogens is 5. The first-order valence-electron chi connectivity index (χ1n) is 11.9. The molecule has 0 unspecified atom stereocenters. The van der Waals surface area contributed by atoms with Crippen LogP contribution in [0.5, 0.6) is 5.75 Å². The van der Waals surface area contributed by atoms with Gasteiger partial charge >= 0.3 is 24.2 Å². The van der Waals surface area contributed by atoms with Crippen LogP contribution in [0, 0.1) is 0 Å². The van der Waals surface area contributed by atoms with Gasteiger partial charge in [-0.3, -0.25) is 14.4 Å². The number of hydrogen-bond acceptors (Lipinski definition) is 11. The van der Waals surface area contributed by atoms with Crippen LogP contribution >= 0.6 is 11.8 Å². The summed E-state index contributed by atoms with van der Waals surface area (Å²) < 4.78 is 79.4. The number of oxime groups is 1. The predicted molar refractivity (Wildman–Crippen MR) is 135 cm³/mol. The molecule has 2 rings (SSSR count). The van der Waals surface area contributed by atoms with Gasteiger partial charge in [-0.2, -0.15) is 22.0 Å². The number of ether oxygens (including phenoxy) is 4. The second kappa shape index (κ2) is 16.5. The van der Waals surface area contributed by atoms with Crippen molar-refractivity contribution >= 4 is 41.7 Å². The van der Waals surface area contributed by atoms with E-state index in [0.717, 1.165) is 9.79 Å². The second-order valence-electron chi connectivity index (χ2n) is 8.10. The molecular formula is C26H24F5NO9S. The molecule has 0 atom stereocenters. The molecule has 2 aromatic rings. The summed E-state index contributed by atoms with van der Waals surface area (Å²) >= 11 is 1.40. The average Bonchev–Trinajstić information content (AvgIpc) is 2.93. The van der Waals surface area contributed by atoms with Gasteiger partial charge in [0.2, 0.25) is 5.78 Å². The molecule has 0 radical (unpaired) electrons. The van der Waals surface area contributed by atoms with E-state index in [0.29, 0.717) is 12.2 Å². The van der Waals surface area contributed by atoms with Crippen molar-refractivity contribution in [1.82, 2.24) is 0 Å². The lowest BCUT2D eigenvalue weighted by Gasteiger charge is -2.17. The third-order valence-electron chi connectivity index (χ3n) is 4.70. The van der Waals surface area contributed by atoms with Crippen LogP contribution in [0.25, 0.3) is 0 Å². The van der Waals surface area contributed by atoms with E-state index in [9.17, 15) is 41.1 Å².